The Balaban J connectivity index is 1.71. The predicted octanol–water partition coefficient (Wildman–Crippen LogP) is 3.32. The summed E-state index contributed by atoms with van der Waals surface area (Å²) in [7, 11) is 2.07. The second kappa shape index (κ2) is 13.4. The predicted molar refractivity (Wildman–Crippen MR) is 114 cm³/mol. The number of ether oxygens (including phenoxy) is 3. The highest BCUT2D eigenvalue weighted by molar-refractivity contribution is 5.79. The van der Waals surface area contributed by atoms with E-state index in [1.165, 1.54) is 5.56 Å². The monoisotopic (exact) mass is 391 g/mol. The van der Waals surface area contributed by atoms with Crippen LogP contribution in [0.25, 0.3) is 0 Å². The second-order valence-corrected chi connectivity index (χ2v) is 7.15. The molecule has 0 amide bonds. The van der Waals surface area contributed by atoms with E-state index in [-0.39, 0.29) is 0 Å². The van der Waals surface area contributed by atoms with Crippen LogP contribution in [0.1, 0.15) is 38.7 Å². The fraction of sp³-hybridized carbons (Fsp3) is 0.682. The first kappa shape index (κ1) is 22.5. The lowest BCUT2D eigenvalue weighted by atomic mass is 10.0. The molecule has 1 N–H and O–H groups in total. The normalized spacial score (nSPS) is 15.5. The van der Waals surface area contributed by atoms with Crippen molar-refractivity contribution in [3.63, 3.8) is 0 Å². The lowest BCUT2D eigenvalue weighted by molar-refractivity contribution is 0.0205. The maximum absolute atomic E-state index is 5.83. The first-order valence-corrected chi connectivity index (χ1v) is 10.6. The average Bonchev–Trinajstić information content (AvgIpc) is 2.72. The highest BCUT2D eigenvalue weighted by Gasteiger charge is 2.13. The van der Waals surface area contributed by atoms with Crippen molar-refractivity contribution in [2.75, 3.05) is 53.2 Å². The fourth-order valence-corrected chi connectivity index (χ4v) is 3.19. The van der Waals surface area contributed by atoms with E-state index in [9.17, 15) is 0 Å². The fourth-order valence-electron chi connectivity index (χ4n) is 3.19. The van der Waals surface area contributed by atoms with Crippen molar-refractivity contribution in [3.8, 4) is 5.75 Å². The molecule has 28 heavy (non-hydrogen) atoms. The van der Waals surface area contributed by atoms with Crippen molar-refractivity contribution >= 4 is 5.96 Å². The molecule has 0 aliphatic carbocycles. The van der Waals surface area contributed by atoms with Gasteiger partial charge in [0.05, 0.1) is 6.61 Å². The van der Waals surface area contributed by atoms with Gasteiger partial charge in [-0.1, -0.05) is 12.1 Å². The number of hydrogen-bond acceptors (Lipinski definition) is 4. The van der Waals surface area contributed by atoms with Gasteiger partial charge in [-0.05, 0) is 56.7 Å². The summed E-state index contributed by atoms with van der Waals surface area (Å²) in [5, 5.41) is 3.37. The molecule has 1 heterocycles. The molecular weight excluding hydrogens is 354 g/mol. The van der Waals surface area contributed by atoms with Crippen LogP contribution in [0.3, 0.4) is 0 Å². The molecule has 2 rings (SSSR count). The highest BCUT2D eigenvalue weighted by Crippen LogP contribution is 2.15. The number of rotatable bonds is 11. The van der Waals surface area contributed by atoms with Gasteiger partial charge in [0.2, 0.25) is 0 Å². The van der Waals surface area contributed by atoms with E-state index in [1.807, 2.05) is 19.1 Å². The third-order valence-electron chi connectivity index (χ3n) is 4.75. The zero-order valence-corrected chi connectivity index (χ0v) is 17.8. The van der Waals surface area contributed by atoms with Crippen LogP contribution in [0.2, 0.25) is 0 Å². The van der Waals surface area contributed by atoms with Crippen molar-refractivity contribution in [1.82, 2.24) is 10.2 Å². The number of hydrogen-bond donors (Lipinski definition) is 1. The molecule has 6 heteroatoms. The van der Waals surface area contributed by atoms with Crippen LogP contribution in [-0.2, 0) is 16.0 Å². The van der Waals surface area contributed by atoms with Crippen LogP contribution >= 0.6 is 0 Å². The Labute approximate surface area is 170 Å². The Hall–Kier alpha value is -1.79. The summed E-state index contributed by atoms with van der Waals surface area (Å²) in [5.74, 6) is 2.51. The van der Waals surface area contributed by atoms with E-state index in [0.717, 1.165) is 77.0 Å². The van der Waals surface area contributed by atoms with Crippen molar-refractivity contribution in [3.05, 3.63) is 29.8 Å². The largest absolute Gasteiger partial charge is 0.494 e. The topological polar surface area (TPSA) is 55.3 Å². The van der Waals surface area contributed by atoms with Gasteiger partial charge in [-0.15, -0.1) is 0 Å². The Morgan fingerprint density at radius 3 is 2.64 bits per heavy atom. The SMILES string of the molecule is CCNC(=NCCCOCC1CCOCC1)N(C)Cc1ccc(OCC)cc1. The molecule has 158 valence electrons. The van der Waals surface area contributed by atoms with Gasteiger partial charge in [-0.25, -0.2) is 0 Å². The average molecular weight is 392 g/mol. The molecule has 1 aliphatic heterocycles. The van der Waals surface area contributed by atoms with Gasteiger partial charge in [0.25, 0.3) is 0 Å². The summed E-state index contributed by atoms with van der Waals surface area (Å²) in [6, 6.07) is 8.25. The number of nitrogens with zero attached hydrogens (tertiary/aromatic N) is 2. The van der Waals surface area contributed by atoms with E-state index in [2.05, 4.69) is 36.3 Å². The Morgan fingerprint density at radius 2 is 1.96 bits per heavy atom. The minimum atomic E-state index is 0.662. The van der Waals surface area contributed by atoms with Crippen molar-refractivity contribution < 1.29 is 14.2 Å². The lowest BCUT2D eigenvalue weighted by Gasteiger charge is -2.22. The van der Waals surface area contributed by atoms with Gasteiger partial charge >= 0.3 is 0 Å². The summed E-state index contributed by atoms with van der Waals surface area (Å²) in [5.41, 5.74) is 1.23. The molecule has 0 atom stereocenters. The van der Waals surface area contributed by atoms with E-state index in [4.69, 9.17) is 19.2 Å². The molecule has 0 radical (unpaired) electrons. The van der Waals surface area contributed by atoms with Crippen LogP contribution in [0.15, 0.2) is 29.3 Å². The molecule has 0 unspecified atom stereocenters. The van der Waals surface area contributed by atoms with Gasteiger partial charge in [0.15, 0.2) is 5.96 Å². The number of nitrogens with one attached hydrogen (secondary N) is 1. The lowest BCUT2D eigenvalue weighted by Crippen LogP contribution is -2.38. The molecule has 6 nitrogen and oxygen atoms in total. The molecule has 1 fully saturated rings. The molecule has 0 saturated carbocycles. The molecule has 1 saturated heterocycles. The van der Waals surface area contributed by atoms with Gasteiger partial charge in [0, 0.05) is 53.1 Å². The molecule has 0 aromatic heterocycles. The van der Waals surface area contributed by atoms with Crippen LogP contribution in [-0.4, -0.2) is 64.0 Å². The first-order valence-electron chi connectivity index (χ1n) is 10.6. The number of aliphatic imine (C=N–C) groups is 1. The van der Waals surface area contributed by atoms with Crippen molar-refractivity contribution in [1.29, 1.82) is 0 Å². The summed E-state index contributed by atoms with van der Waals surface area (Å²) >= 11 is 0. The van der Waals surface area contributed by atoms with Crippen LogP contribution < -0.4 is 10.1 Å². The third kappa shape index (κ3) is 8.48. The Kier molecular flexibility index (Phi) is 10.8. The minimum Gasteiger partial charge on any atom is -0.494 e. The molecule has 1 aromatic rings. The maximum Gasteiger partial charge on any atom is 0.193 e. The standard InChI is InChI=1S/C22H37N3O3/c1-4-23-22(24-13-6-14-27-18-20-11-15-26-16-12-20)25(3)17-19-7-9-21(10-8-19)28-5-2/h7-10,20H,4-6,11-18H2,1-3H3,(H,23,24). The maximum atomic E-state index is 5.83. The third-order valence-corrected chi connectivity index (χ3v) is 4.75. The van der Waals surface area contributed by atoms with E-state index in [1.54, 1.807) is 0 Å². The molecule has 1 aromatic carbocycles. The van der Waals surface area contributed by atoms with Gasteiger partial charge in [-0.2, -0.15) is 0 Å². The quantitative estimate of drug-likeness (QED) is 0.356. The number of guanidine groups is 1. The summed E-state index contributed by atoms with van der Waals surface area (Å²) in [6.45, 7) is 10.6. The molecule has 1 aliphatic rings. The number of benzene rings is 1. The van der Waals surface area contributed by atoms with Gasteiger partial charge in [-0.3, -0.25) is 4.99 Å². The first-order chi connectivity index (χ1) is 13.7. The summed E-state index contributed by atoms with van der Waals surface area (Å²) in [6.07, 6.45) is 3.19. The van der Waals surface area contributed by atoms with E-state index >= 15 is 0 Å². The van der Waals surface area contributed by atoms with Crippen molar-refractivity contribution in [2.45, 2.75) is 39.7 Å². The van der Waals surface area contributed by atoms with E-state index in [0.29, 0.717) is 12.5 Å². The zero-order chi connectivity index (χ0) is 20.0. The van der Waals surface area contributed by atoms with Gasteiger partial charge in [0.1, 0.15) is 5.75 Å². The molecule has 0 spiro atoms. The zero-order valence-electron chi connectivity index (χ0n) is 17.8. The van der Waals surface area contributed by atoms with Crippen molar-refractivity contribution in [2.24, 2.45) is 10.9 Å². The smallest absolute Gasteiger partial charge is 0.193 e. The van der Waals surface area contributed by atoms with E-state index < -0.39 is 0 Å². The highest BCUT2D eigenvalue weighted by atomic mass is 16.5. The molecular formula is C22H37N3O3. The molecule has 0 bridgehead atoms. The van der Waals surface area contributed by atoms with Crippen LogP contribution in [0.4, 0.5) is 0 Å². The second-order valence-electron chi connectivity index (χ2n) is 7.15. The van der Waals surface area contributed by atoms with Crippen LogP contribution in [0, 0.1) is 5.92 Å². The minimum absolute atomic E-state index is 0.662. The summed E-state index contributed by atoms with van der Waals surface area (Å²) in [4.78, 5) is 6.90. The van der Waals surface area contributed by atoms with Gasteiger partial charge < -0.3 is 24.4 Å². The Bertz CT molecular complexity index is 557. The Morgan fingerprint density at radius 1 is 1.21 bits per heavy atom. The van der Waals surface area contributed by atoms with Crippen LogP contribution in [0.5, 0.6) is 5.75 Å². The summed E-state index contributed by atoms with van der Waals surface area (Å²) < 4.78 is 16.7.